The maximum Gasteiger partial charge on any atom is 0.268 e. The Balaban J connectivity index is 4.22. The summed E-state index contributed by atoms with van der Waals surface area (Å²) in [7, 11) is -7.34. The molecule has 1 atom stereocenters. The molecule has 0 aliphatic carbocycles. The first-order valence-corrected chi connectivity index (χ1v) is 8.99. The minimum atomic E-state index is -4.19. The van der Waals surface area contributed by atoms with E-state index in [1.165, 1.54) is 0 Å². The number of thiol groups is 1. The van der Waals surface area contributed by atoms with Gasteiger partial charge in [-0.25, -0.2) is 0 Å². The number of hydrogen-bond acceptors (Lipinski definition) is 6. The van der Waals surface area contributed by atoms with E-state index in [2.05, 4.69) is 11.7 Å². The average molecular weight is 296 g/mol. The third-order valence-corrected chi connectivity index (χ3v) is 4.87. The minimum Gasteiger partial charge on any atom is -0.286 e. The predicted molar refractivity (Wildman–Crippen MR) is 62.4 cm³/mol. The summed E-state index contributed by atoms with van der Waals surface area (Å²) in [6.07, 6.45) is -0.0657. The van der Waals surface area contributed by atoms with Crippen molar-refractivity contribution in [1.82, 2.24) is 0 Å². The van der Waals surface area contributed by atoms with Crippen LogP contribution in [-0.2, 0) is 20.2 Å². The van der Waals surface area contributed by atoms with Crippen LogP contribution in [0.1, 0.15) is 12.8 Å². The van der Waals surface area contributed by atoms with Gasteiger partial charge in [0.05, 0.1) is 11.0 Å². The Kier molecular flexibility index (Phi) is 6.52. The van der Waals surface area contributed by atoms with Crippen molar-refractivity contribution in [3.8, 4) is 0 Å². The van der Waals surface area contributed by atoms with Gasteiger partial charge < -0.3 is 0 Å². The maximum absolute atomic E-state index is 10.8. The first-order chi connectivity index (χ1) is 6.67. The van der Waals surface area contributed by atoms with Gasteiger partial charge in [0.1, 0.15) is 0 Å². The molecule has 1 unspecified atom stereocenters. The SMILES string of the molecule is O=S(=O)(O)CCCC(CSS)S(=O)(=O)O. The van der Waals surface area contributed by atoms with E-state index in [-0.39, 0.29) is 18.6 Å². The summed E-state index contributed by atoms with van der Waals surface area (Å²) in [6, 6.07) is 0. The van der Waals surface area contributed by atoms with E-state index in [9.17, 15) is 16.8 Å². The Hall–Kier alpha value is 0.520. The second-order valence-electron chi connectivity index (χ2n) is 2.86. The highest BCUT2D eigenvalue weighted by Crippen LogP contribution is 2.16. The van der Waals surface area contributed by atoms with Crippen molar-refractivity contribution in [2.24, 2.45) is 0 Å². The smallest absolute Gasteiger partial charge is 0.268 e. The molecule has 0 radical (unpaired) electrons. The topological polar surface area (TPSA) is 109 Å². The molecule has 0 heterocycles. The average Bonchev–Trinajstić information content (AvgIpc) is 1.98. The van der Waals surface area contributed by atoms with E-state index in [0.717, 1.165) is 10.8 Å². The summed E-state index contributed by atoms with van der Waals surface area (Å²) < 4.78 is 59.4. The lowest BCUT2D eigenvalue weighted by atomic mass is 10.3. The summed E-state index contributed by atoms with van der Waals surface area (Å²) in [6.45, 7) is 0. The lowest BCUT2D eigenvalue weighted by Gasteiger charge is -2.10. The van der Waals surface area contributed by atoms with Crippen LogP contribution in [0.3, 0.4) is 0 Å². The molecule has 15 heavy (non-hydrogen) atoms. The zero-order chi connectivity index (χ0) is 12.1. The van der Waals surface area contributed by atoms with Gasteiger partial charge >= 0.3 is 0 Å². The molecule has 6 nitrogen and oxygen atoms in total. The van der Waals surface area contributed by atoms with Crippen molar-refractivity contribution < 1.29 is 25.9 Å². The molecule has 0 aromatic rings. The number of hydrogen-bond donors (Lipinski definition) is 3. The molecule has 0 aromatic carbocycles. The normalized spacial score (nSPS) is 15.1. The van der Waals surface area contributed by atoms with Crippen LogP contribution in [0.15, 0.2) is 0 Å². The van der Waals surface area contributed by atoms with E-state index in [4.69, 9.17) is 9.11 Å². The predicted octanol–water partition coefficient (Wildman–Crippen LogP) is 0.489. The van der Waals surface area contributed by atoms with Gasteiger partial charge in [0.2, 0.25) is 0 Å². The van der Waals surface area contributed by atoms with Gasteiger partial charge in [0, 0.05) is 5.75 Å². The van der Waals surface area contributed by atoms with E-state index < -0.39 is 31.2 Å². The highest BCUT2D eigenvalue weighted by Gasteiger charge is 2.22. The van der Waals surface area contributed by atoms with Gasteiger partial charge in [-0.3, -0.25) is 9.11 Å². The fourth-order valence-electron chi connectivity index (χ4n) is 0.895. The van der Waals surface area contributed by atoms with E-state index >= 15 is 0 Å². The van der Waals surface area contributed by atoms with Crippen LogP contribution >= 0.6 is 22.5 Å². The van der Waals surface area contributed by atoms with Crippen molar-refractivity contribution in [2.45, 2.75) is 18.1 Å². The van der Waals surface area contributed by atoms with E-state index in [1.54, 1.807) is 0 Å². The van der Waals surface area contributed by atoms with Gasteiger partial charge in [-0.15, -0.1) is 11.7 Å². The zero-order valence-corrected chi connectivity index (χ0v) is 10.9. The Morgan fingerprint density at radius 1 is 1.20 bits per heavy atom. The molecule has 92 valence electrons. The molecule has 0 spiro atoms. The first-order valence-electron chi connectivity index (χ1n) is 3.84. The molecular weight excluding hydrogens is 284 g/mol. The lowest BCUT2D eigenvalue weighted by molar-refractivity contribution is 0.461. The van der Waals surface area contributed by atoms with Crippen molar-refractivity contribution in [2.75, 3.05) is 11.5 Å². The van der Waals surface area contributed by atoms with Crippen LogP contribution in [0.5, 0.6) is 0 Å². The van der Waals surface area contributed by atoms with Gasteiger partial charge in [0.25, 0.3) is 20.2 Å². The molecule has 0 saturated heterocycles. The highest BCUT2D eigenvalue weighted by molar-refractivity contribution is 8.68. The summed E-state index contributed by atoms with van der Waals surface area (Å²) >= 11 is 3.74. The maximum atomic E-state index is 10.8. The minimum absolute atomic E-state index is 0.0301. The van der Waals surface area contributed by atoms with Crippen molar-refractivity contribution in [1.29, 1.82) is 0 Å². The summed E-state index contributed by atoms with van der Waals surface area (Å²) in [5.74, 6) is -0.455. The Labute approximate surface area is 98.1 Å². The molecule has 0 rings (SSSR count). The fourth-order valence-corrected chi connectivity index (χ4v) is 3.96. The summed E-state index contributed by atoms with van der Waals surface area (Å²) in [4.78, 5) is 0. The van der Waals surface area contributed by atoms with Gasteiger partial charge in [-0.2, -0.15) is 16.8 Å². The van der Waals surface area contributed by atoms with Crippen molar-refractivity contribution in [3.05, 3.63) is 0 Å². The Morgan fingerprint density at radius 3 is 2.07 bits per heavy atom. The van der Waals surface area contributed by atoms with Crippen molar-refractivity contribution >= 4 is 42.7 Å². The molecule has 10 heteroatoms. The van der Waals surface area contributed by atoms with Crippen LogP contribution in [0.4, 0.5) is 0 Å². The fraction of sp³-hybridized carbons (Fsp3) is 1.00. The Morgan fingerprint density at radius 2 is 1.73 bits per heavy atom. The lowest BCUT2D eigenvalue weighted by Crippen LogP contribution is -2.23. The molecule has 0 saturated carbocycles. The van der Waals surface area contributed by atoms with Crippen LogP contribution in [0, 0.1) is 0 Å². The molecular formula is C5H12O6S4. The molecule has 0 amide bonds. The third kappa shape index (κ3) is 8.34. The number of rotatable bonds is 7. The van der Waals surface area contributed by atoms with Gasteiger partial charge in [-0.05, 0) is 12.8 Å². The van der Waals surface area contributed by atoms with E-state index in [1.807, 2.05) is 0 Å². The largest absolute Gasteiger partial charge is 0.286 e. The molecule has 0 fully saturated rings. The second kappa shape index (κ2) is 6.30. The summed E-state index contributed by atoms with van der Waals surface area (Å²) in [5, 5.41) is -1.05. The zero-order valence-electron chi connectivity index (χ0n) is 7.61. The second-order valence-corrected chi connectivity index (χ2v) is 7.50. The summed E-state index contributed by atoms with van der Waals surface area (Å²) in [5.41, 5.74) is 0. The van der Waals surface area contributed by atoms with Gasteiger partial charge in [-0.1, -0.05) is 10.8 Å². The standard InChI is InChI=1S/C5H12O6S4/c6-14(7,8)3-1-2-5(4-13-12)15(9,10)11/h5,12H,1-4H2,(H,6,7,8)(H,9,10,11). The molecule has 0 aromatic heterocycles. The molecule has 0 bridgehead atoms. The van der Waals surface area contributed by atoms with Crippen LogP contribution < -0.4 is 0 Å². The van der Waals surface area contributed by atoms with Crippen LogP contribution in [-0.4, -0.2) is 42.7 Å². The van der Waals surface area contributed by atoms with E-state index in [0.29, 0.717) is 0 Å². The van der Waals surface area contributed by atoms with Crippen LogP contribution in [0.25, 0.3) is 0 Å². The quantitative estimate of drug-likeness (QED) is 0.356. The van der Waals surface area contributed by atoms with Gasteiger partial charge in [0.15, 0.2) is 0 Å². The molecule has 0 aliphatic rings. The first kappa shape index (κ1) is 15.5. The van der Waals surface area contributed by atoms with Crippen LogP contribution in [0.2, 0.25) is 0 Å². The Bertz CT molecular complexity index is 370. The molecule has 0 aliphatic heterocycles. The monoisotopic (exact) mass is 296 g/mol. The highest BCUT2D eigenvalue weighted by atomic mass is 33.1. The molecule has 2 N–H and O–H groups in total. The van der Waals surface area contributed by atoms with Crippen molar-refractivity contribution in [3.63, 3.8) is 0 Å². The third-order valence-electron chi connectivity index (χ3n) is 1.61.